The van der Waals surface area contributed by atoms with Crippen molar-refractivity contribution in [2.75, 3.05) is 46.0 Å². The minimum Gasteiger partial charge on any atom is -0.312 e. The molecule has 1 aliphatic heterocycles. The maximum Gasteiger partial charge on any atom is 0.211 e. The first-order chi connectivity index (χ1) is 9.50. The number of piperazine rings is 1. The Bertz CT molecular complexity index is 510. The summed E-state index contributed by atoms with van der Waals surface area (Å²) < 4.78 is 24.5. The lowest BCUT2D eigenvalue weighted by atomic mass is 10.1. The molecule has 0 radical (unpaired) electrons. The molecule has 0 bridgehead atoms. The zero-order valence-electron chi connectivity index (χ0n) is 12.1. The van der Waals surface area contributed by atoms with Gasteiger partial charge in [0.25, 0.3) is 0 Å². The van der Waals surface area contributed by atoms with Gasteiger partial charge >= 0.3 is 0 Å². The lowest BCUT2D eigenvalue weighted by Crippen LogP contribution is -2.50. The molecule has 0 aromatic heterocycles. The summed E-state index contributed by atoms with van der Waals surface area (Å²) in [5.74, 6) is 0. The molecule has 0 spiro atoms. The van der Waals surface area contributed by atoms with Gasteiger partial charge in [0.1, 0.15) is 0 Å². The number of nitrogens with zero attached hydrogens (tertiary/aromatic N) is 2. The second-order valence-corrected chi connectivity index (χ2v) is 7.20. The van der Waals surface area contributed by atoms with Crippen LogP contribution in [-0.2, 0) is 10.0 Å². The van der Waals surface area contributed by atoms with Crippen molar-refractivity contribution in [2.45, 2.75) is 6.04 Å². The highest BCUT2D eigenvalue weighted by molar-refractivity contribution is 7.88. The Hall–Kier alpha value is -0.950. The summed E-state index contributed by atoms with van der Waals surface area (Å²) in [5.41, 5.74) is 1.26. The Morgan fingerprint density at radius 3 is 2.25 bits per heavy atom. The molecular formula is C14H23N3O2S. The van der Waals surface area contributed by atoms with Crippen molar-refractivity contribution in [3.8, 4) is 0 Å². The summed E-state index contributed by atoms with van der Waals surface area (Å²) in [6.07, 6.45) is 1.28. The van der Waals surface area contributed by atoms with Crippen molar-refractivity contribution >= 4 is 10.0 Å². The van der Waals surface area contributed by atoms with Crippen LogP contribution in [0.1, 0.15) is 11.6 Å². The van der Waals surface area contributed by atoms with Crippen LogP contribution in [0.2, 0.25) is 0 Å². The average molecular weight is 297 g/mol. The van der Waals surface area contributed by atoms with E-state index in [9.17, 15) is 8.42 Å². The van der Waals surface area contributed by atoms with Crippen LogP contribution in [0.5, 0.6) is 0 Å². The molecule has 1 N–H and O–H groups in total. The van der Waals surface area contributed by atoms with Crippen molar-refractivity contribution in [3.05, 3.63) is 35.9 Å². The minimum atomic E-state index is -3.04. The maximum absolute atomic E-state index is 11.5. The van der Waals surface area contributed by atoms with Gasteiger partial charge in [-0.15, -0.1) is 0 Å². The Kier molecular flexibility index (Phi) is 5.15. The fourth-order valence-corrected chi connectivity index (χ4v) is 3.38. The highest BCUT2D eigenvalue weighted by Crippen LogP contribution is 2.15. The van der Waals surface area contributed by atoms with Crippen LogP contribution in [0.25, 0.3) is 0 Å². The third-order valence-electron chi connectivity index (χ3n) is 3.79. The maximum atomic E-state index is 11.5. The van der Waals surface area contributed by atoms with Gasteiger partial charge in [0.15, 0.2) is 0 Å². The van der Waals surface area contributed by atoms with Gasteiger partial charge in [-0.05, 0) is 12.6 Å². The molecule has 112 valence electrons. The number of benzene rings is 1. The normalized spacial score (nSPS) is 19.9. The van der Waals surface area contributed by atoms with Gasteiger partial charge in [-0.1, -0.05) is 30.3 Å². The minimum absolute atomic E-state index is 0.279. The number of hydrogen-bond acceptors (Lipinski definition) is 4. The topological polar surface area (TPSA) is 52.6 Å². The largest absolute Gasteiger partial charge is 0.312 e. The second-order valence-electron chi connectivity index (χ2n) is 5.21. The molecule has 1 unspecified atom stereocenters. The van der Waals surface area contributed by atoms with E-state index in [1.54, 1.807) is 4.31 Å². The van der Waals surface area contributed by atoms with Crippen molar-refractivity contribution in [1.29, 1.82) is 0 Å². The quantitative estimate of drug-likeness (QED) is 0.861. The molecule has 0 aliphatic carbocycles. The summed E-state index contributed by atoms with van der Waals surface area (Å²) in [6.45, 7) is 3.66. The van der Waals surface area contributed by atoms with Crippen LogP contribution in [0, 0.1) is 0 Å². The van der Waals surface area contributed by atoms with Crippen LogP contribution in [0.4, 0.5) is 0 Å². The van der Waals surface area contributed by atoms with Crippen LogP contribution < -0.4 is 5.32 Å². The van der Waals surface area contributed by atoms with E-state index in [4.69, 9.17) is 0 Å². The van der Waals surface area contributed by atoms with Crippen LogP contribution in [0.15, 0.2) is 30.3 Å². The van der Waals surface area contributed by atoms with Crippen LogP contribution >= 0.6 is 0 Å². The van der Waals surface area contributed by atoms with E-state index in [2.05, 4.69) is 22.3 Å². The lowest BCUT2D eigenvalue weighted by Gasteiger charge is -2.35. The van der Waals surface area contributed by atoms with Crippen LogP contribution in [0.3, 0.4) is 0 Å². The monoisotopic (exact) mass is 297 g/mol. The molecule has 2 rings (SSSR count). The van der Waals surface area contributed by atoms with Gasteiger partial charge in [0.2, 0.25) is 10.0 Å². The molecule has 5 nitrogen and oxygen atoms in total. The first kappa shape index (κ1) is 15.4. The zero-order valence-corrected chi connectivity index (χ0v) is 12.9. The predicted molar refractivity (Wildman–Crippen MR) is 81.1 cm³/mol. The first-order valence-electron chi connectivity index (χ1n) is 6.90. The highest BCUT2D eigenvalue weighted by atomic mass is 32.2. The fourth-order valence-electron chi connectivity index (χ4n) is 2.55. The SMILES string of the molecule is CNC(CN1CCN(S(C)(=O)=O)CC1)c1ccccc1. The first-order valence-corrected chi connectivity index (χ1v) is 8.75. The highest BCUT2D eigenvalue weighted by Gasteiger charge is 2.24. The van der Waals surface area contributed by atoms with E-state index in [0.717, 1.165) is 19.6 Å². The van der Waals surface area contributed by atoms with E-state index in [1.807, 2.05) is 25.2 Å². The molecule has 1 saturated heterocycles. The molecule has 1 aliphatic rings. The second kappa shape index (κ2) is 6.67. The molecule has 0 saturated carbocycles. The van der Waals surface area contributed by atoms with Crippen LogP contribution in [-0.4, -0.2) is 63.7 Å². The number of rotatable bonds is 5. The third-order valence-corrected chi connectivity index (χ3v) is 5.09. The van der Waals surface area contributed by atoms with Gasteiger partial charge in [0.05, 0.1) is 6.26 Å². The van der Waals surface area contributed by atoms with E-state index < -0.39 is 10.0 Å². The molecule has 0 amide bonds. The predicted octanol–water partition coefficient (Wildman–Crippen LogP) is 0.524. The van der Waals surface area contributed by atoms with Gasteiger partial charge in [-0.25, -0.2) is 8.42 Å². The Morgan fingerprint density at radius 2 is 1.75 bits per heavy atom. The van der Waals surface area contributed by atoms with E-state index in [0.29, 0.717) is 13.1 Å². The summed E-state index contributed by atoms with van der Waals surface area (Å²) in [4.78, 5) is 2.32. The Balaban J connectivity index is 1.91. The van der Waals surface area contributed by atoms with E-state index >= 15 is 0 Å². The Morgan fingerprint density at radius 1 is 1.15 bits per heavy atom. The molecule has 1 fully saturated rings. The van der Waals surface area contributed by atoms with E-state index in [1.165, 1.54) is 11.8 Å². The lowest BCUT2D eigenvalue weighted by molar-refractivity contribution is 0.174. The van der Waals surface area contributed by atoms with Crippen molar-refractivity contribution in [2.24, 2.45) is 0 Å². The molecule has 1 atom stereocenters. The van der Waals surface area contributed by atoms with Crippen molar-refractivity contribution < 1.29 is 8.42 Å². The standard InChI is InChI=1S/C14H23N3O2S/c1-15-14(13-6-4-3-5-7-13)12-16-8-10-17(11-9-16)20(2,18)19/h3-7,14-15H,8-12H2,1-2H3. The number of hydrogen-bond donors (Lipinski definition) is 1. The third kappa shape index (κ3) is 4.02. The van der Waals surface area contributed by atoms with Gasteiger partial charge in [-0.2, -0.15) is 4.31 Å². The fraction of sp³-hybridized carbons (Fsp3) is 0.571. The smallest absolute Gasteiger partial charge is 0.211 e. The summed E-state index contributed by atoms with van der Waals surface area (Å²) in [7, 11) is -1.08. The molecule has 20 heavy (non-hydrogen) atoms. The molecular weight excluding hydrogens is 274 g/mol. The Labute approximate surface area is 121 Å². The number of likely N-dealkylation sites (N-methyl/N-ethyl adjacent to an activating group) is 1. The van der Waals surface area contributed by atoms with Gasteiger partial charge < -0.3 is 5.32 Å². The van der Waals surface area contributed by atoms with E-state index in [-0.39, 0.29) is 6.04 Å². The molecule has 1 heterocycles. The van der Waals surface area contributed by atoms with Crippen molar-refractivity contribution in [3.63, 3.8) is 0 Å². The zero-order chi connectivity index (χ0) is 14.6. The average Bonchev–Trinajstić information content (AvgIpc) is 2.45. The molecule has 6 heteroatoms. The molecule has 1 aromatic carbocycles. The van der Waals surface area contributed by atoms with Crippen molar-refractivity contribution in [1.82, 2.24) is 14.5 Å². The molecule has 1 aromatic rings. The number of sulfonamides is 1. The summed E-state index contributed by atoms with van der Waals surface area (Å²) >= 11 is 0. The van der Waals surface area contributed by atoms with Gasteiger partial charge in [0, 0.05) is 38.8 Å². The summed E-state index contributed by atoms with van der Waals surface area (Å²) in [5, 5.41) is 3.33. The summed E-state index contributed by atoms with van der Waals surface area (Å²) in [6, 6.07) is 10.6. The number of nitrogens with one attached hydrogen (secondary N) is 1. The van der Waals surface area contributed by atoms with Gasteiger partial charge in [-0.3, -0.25) is 4.90 Å².